The summed E-state index contributed by atoms with van der Waals surface area (Å²) in [4.78, 5) is 0. The summed E-state index contributed by atoms with van der Waals surface area (Å²) in [5, 5.41) is 4.40. The Hall–Kier alpha value is -0.530. The molecule has 1 saturated carbocycles. The second-order valence-electron chi connectivity index (χ2n) is 4.58. The van der Waals surface area contributed by atoms with Gasteiger partial charge in [0, 0.05) is 17.6 Å². The molecule has 0 bridgehead atoms. The fraction of sp³-hybridized carbons (Fsp3) is 0.538. The smallest absolute Gasteiger partial charge is 0.0408 e. The van der Waals surface area contributed by atoms with Crippen molar-refractivity contribution in [2.45, 2.75) is 39.3 Å². The van der Waals surface area contributed by atoms with Gasteiger partial charge < -0.3 is 5.32 Å². The van der Waals surface area contributed by atoms with Gasteiger partial charge in [0.25, 0.3) is 0 Å². The van der Waals surface area contributed by atoms with Crippen LogP contribution in [-0.4, -0.2) is 6.04 Å². The van der Waals surface area contributed by atoms with Gasteiger partial charge in [-0.25, -0.2) is 0 Å². The van der Waals surface area contributed by atoms with Crippen LogP contribution in [-0.2, 0) is 6.54 Å². The van der Waals surface area contributed by atoms with Gasteiger partial charge >= 0.3 is 0 Å². The first-order valence-corrected chi connectivity index (χ1v) is 6.03. The lowest BCUT2D eigenvalue weighted by molar-refractivity contribution is 0.495. The van der Waals surface area contributed by atoms with E-state index in [9.17, 15) is 0 Å². The summed E-state index contributed by atoms with van der Waals surface area (Å²) in [5.41, 5.74) is 2.63. The van der Waals surface area contributed by atoms with Crippen molar-refractivity contribution in [3.8, 4) is 0 Å². The van der Waals surface area contributed by atoms with Crippen LogP contribution >= 0.6 is 11.6 Å². The second-order valence-corrected chi connectivity index (χ2v) is 5.01. The van der Waals surface area contributed by atoms with Crippen molar-refractivity contribution in [3.63, 3.8) is 0 Å². The van der Waals surface area contributed by atoms with Gasteiger partial charge in [-0.3, -0.25) is 0 Å². The zero-order valence-corrected chi connectivity index (χ0v) is 10.1. The molecule has 1 aliphatic carbocycles. The average molecular weight is 224 g/mol. The standard InChI is InChI=1S/C13H18ClN/c1-9-7-13(14)6-5-12(9)8-15-10(2)11-3-4-11/h5-7,10-11,15H,3-4,8H2,1-2H3. The molecule has 1 aliphatic rings. The number of aryl methyl sites for hydroxylation is 1. The summed E-state index contributed by atoms with van der Waals surface area (Å²) in [6.45, 7) is 5.36. The van der Waals surface area contributed by atoms with Gasteiger partial charge in [0.2, 0.25) is 0 Å². The molecule has 1 N–H and O–H groups in total. The minimum atomic E-state index is 0.653. The van der Waals surface area contributed by atoms with Gasteiger partial charge in [-0.05, 0) is 55.9 Å². The molecule has 0 heterocycles. The van der Waals surface area contributed by atoms with E-state index in [1.807, 2.05) is 12.1 Å². The Labute approximate surface area is 96.8 Å². The van der Waals surface area contributed by atoms with Gasteiger partial charge in [0.1, 0.15) is 0 Å². The van der Waals surface area contributed by atoms with Crippen LogP contribution < -0.4 is 5.32 Å². The normalized spacial score (nSPS) is 17.8. The van der Waals surface area contributed by atoms with Crippen LogP contribution in [0.4, 0.5) is 0 Å². The number of hydrogen-bond acceptors (Lipinski definition) is 1. The number of rotatable bonds is 4. The molecule has 2 heteroatoms. The maximum Gasteiger partial charge on any atom is 0.0408 e. The number of benzene rings is 1. The summed E-state index contributed by atoms with van der Waals surface area (Å²) >= 11 is 5.92. The Kier molecular flexibility index (Phi) is 3.32. The molecule has 0 spiro atoms. The number of nitrogens with one attached hydrogen (secondary N) is 1. The molecule has 1 aromatic rings. The van der Waals surface area contributed by atoms with Crippen LogP contribution in [0, 0.1) is 12.8 Å². The third-order valence-corrected chi connectivity index (χ3v) is 3.48. The lowest BCUT2D eigenvalue weighted by Crippen LogP contribution is -2.27. The molecule has 0 aliphatic heterocycles. The van der Waals surface area contributed by atoms with Crippen molar-refractivity contribution in [2.24, 2.45) is 5.92 Å². The van der Waals surface area contributed by atoms with E-state index in [1.54, 1.807) is 0 Å². The van der Waals surface area contributed by atoms with E-state index < -0.39 is 0 Å². The quantitative estimate of drug-likeness (QED) is 0.824. The van der Waals surface area contributed by atoms with Gasteiger partial charge in [-0.2, -0.15) is 0 Å². The lowest BCUT2D eigenvalue weighted by atomic mass is 10.1. The molecule has 1 unspecified atom stereocenters. The fourth-order valence-corrected chi connectivity index (χ4v) is 2.12. The van der Waals surface area contributed by atoms with Crippen LogP contribution in [0.15, 0.2) is 18.2 Å². The van der Waals surface area contributed by atoms with Crippen molar-refractivity contribution in [3.05, 3.63) is 34.3 Å². The zero-order chi connectivity index (χ0) is 10.8. The van der Waals surface area contributed by atoms with E-state index >= 15 is 0 Å². The third kappa shape index (κ3) is 2.96. The summed E-state index contributed by atoms with van der Waals surface area (Å²) in [6, 6.07) is 6.76. The van der Waals surface area contributed by atoms with Crippen LogP contribution in [0.2, 0.25) is 5.02 Å². The van der Waals surface area contributed by atoms with Crippen LogP contribution in [0.3, 0.4) is 0 Å². The molecule has 1 fully saturated rings. The van der Waals surface area contributed by atoms with E-state index in [2.05, 4.69) is 25.2 Å². The first kappa shape index (κ1) is 11.0. The maximum absolute atomic E-state index is 5.92. The van der Waals surface area contributed by atoms with Crippen molar-refractivity contribution < 1.29 is 0 Å². The van der Waals surface area contributed by atoms with Crippen LogP contribution in [0.5, 0.6) is 0 Å². The molecule has 0 saturated heterocycles. The van der Waals surface area contributed by atoms with Crippen molar-refractivity contribution in [2.75, 3.05) is 0 Å². The minimum Gasteiger partial charge on any atom is -0.310 e. The molecule has 82 valence electrons. The third-order valence-electron chi connectivity index (χ3n) is 3.25. The monoisotopic (exact) mass is 223 g/mol. The van der Waals surface area contributed by atoms with Crippen molar-refractivity contribution >= 4 is 11.6 Å². The predicted octanol–water partition coefficient (Wildman–Crippen LogP) is 3.54. The van der Waals surface area contributed by atoms with Gasteiger partial charge in [-0.15, -0.1) is 0 Å². The summed E-state index contributed by atoms with van der Waals surface area (Å²) < 4.78 is 0. The zero-order valence-electron chi connectivity index (χ0n) is 9.39. The molecular formula is C13H18ClN. The Balaban J connectivity index is 1.92. The van der Waals surface area contributed by atoms with Crippen molar-refractivity contribution in [1.82, 2.24) is 5.32 Å². The highest BCUT2D eigenvalue weighted by molar-refractivity contribution is 6.30. The molecular weight excluding hydrogens is 206 g/mol. The van der Waals surface area contributed by atoms with E-state index in [4.69, 9.17) is 11.6 Å². The van der Waals surface area contributed by atoms with Crippen LogP contribution in [0.1, 0.15) is 30.9 Å². The fourth-order valence-electron chi connectivity index (χ4n) is 1.89. The molecule has 2 rings (SSSR count). The average Bonchev–Trinajstić information content (AvgIpc) is 2.99. The summed E-state index contributed by atoms with van der Waals surface area (Å²) in [7, 11) is 0. The first-order chi connectivity index (χ1) is 7.16. The highest BCUT2D eigenvalue weighted by atomic mass is 35.5. The highest BCUT2D eigenvalue weighted by Gasteiger charge is 2.27. The maximum atomic E-state index is 5.92. The van der Waals surface area contributed by atoms with Gasteiger partial charge in [0.15, 0.2) is 0 Å². The Morgan fingerprint density at radius 1 is 1.47 bits per heavy atom. The Morgan fingerprint density at radius 3 is 2.80 bits per heavy atom. The molecule has 1 aromatic carbocycles. The molecule has 1 nitrogen and oxygen atoms in total. The molecule has 0 radical (unpaired) electrons. The highest BCUT2D eigenvalue weighted by Crippen LogP contribution is 2.32. The summed E-state index contributed by atoms with van der Waals surface area (Å²) in [5.74, 6) is 0.914. The Bertz CT molecular complexity index is 344. The first-order valence-electron chi connectivity index (χ1n) is 5.65. The molecule has 0 amide bonds. The SMILES string of the molecule is Cc1cc(Cl)ccc1CNC(C)C1CC1. The number of hydrogen-bond donors (Lipinski definition) is 1. The number of halogens is 1. The van der Waals surface area contributed by atoms with Crippen LogP contribution in [0.25, 0.3) is 0 Å². The van der Waals surface area contributed by atoms with Gasteiger partial charge in [0.05, 0.1) is 0 Å². The second kappa shape index (κ2) is 4.54. The minimum absolute atomic E-state index is 0.653. The van der Waals surface area contributed by atoms with E-state index in [0.717, 1.165) is 17.5 Å². The van der Waals surface area contributed by atoms with Crippen molar-refractivity contribution in [1.29, 1.82) is 0 Å². The lowest BCUT2D eigenvalue weighted by Gasteiger charge is -2.14. The Morgan fingerprint density at radius 2 is 2.20 bits per heavy atom. The van der Waals surface area contributed by atoms with E-state index in [-0.39, 0.29) is 0 Å². The largest absolute Gasteiger partial charge is 0.310 e. The van der Waals surface area contributed by atoms with Gasteiger partial charge in [-0.1, -0.05) is 17.7 Å². The topological polar surface area (TPSA) is 12.0 Å². The van der Waals surface area contributed by atoms with E-state index in [0.29, 0.717) is 6.04 Å². The predicted molar refractivity (Wildman–Crippen MR) is 65.2 cm³/mol. The van der Waals surface area contributed by atoms with E-state index in [1.165, 1.54) is 24.0 Å². The molecule has 1 atom stereocenters. The molecule has 0 aromatic heterocycles. The molecule has 15 heavy (non-hydrogen) atoms. The summed E-state index contributed by atoms with van der Waals surface area (Å²) in [6.07, 6.45) is 2.79.